The molecule has 2 unspecified atom stereocenters. The van der Waals surface area contributed by atoms with E-state index in [4.69, 9.17) is 4.74 Å². The van der Waals surface area contributed by atoms with Gasteiger partial charge in [0.05, 0.1) is 13.0 Å². The highest BCUT2D eigenvalue weighted by Gasteiger charge is 2.26. The first kappa shape index (κ1) is 18.8. The number of ether oxygens (including phenoxy) is 1. The predicted octanol–water partition coefficient (Wildman–Crippen LogP) is 2.51. The zero-order chi connectivity index (χ0) is 15.2. The Labute approximate surface area is 139 Å². The maximum absolute atomic E-state index is 12.5. The summed E-state index contributed by atoms with van der Waals surface area (Å²) in [6.45, 7) is 3.94. The molecule has 1 fully saturated rings. The van der Waals surface area contributed by atoms with Crippen molar-refractivity contribution in [1.82, 2.24) is 10.2 Å². The van der Waals surface area contributed by atoms with Crippen molar-refractivity contribution in [3.05, 3.63) is 29.8 Å². The summed E-state index contributed by atoms with van der Waals surface area (Å²) in [5, 5.41) is 3.31. The van der Waals surface area contributed by atoms with E-state index in [9.17, 15) is 4.79 Å². The van der Waals surface area contributed by atoms with Crippen molar-refractivity contribution in [1.29, 1.82) is 0 Å². The van der Waals surface area contributed by atoms with E-state index in [1.54, 1.807) is 7.11 Å². The predicted molar refractivity (Wildman–Crippen MR) is 91.8 cm³/mol. The summed E-state index contributed by atoms with van der Waals surface area (Å²) in [6.07, 6.45) is 2.90. The lowest BCUT2D eigenvalue weighted by Crippen LogP contribution is -2.45. The van der Waals surface area contributed by atoms with Crippen LogP contribution in [0.15, 0.2) is 24.3 Å². The number of nitrogens with zero attached hydrogens (tertiary/aromatic N) is 1. The number of hydrogen-bond acceptors (Lipinski definition) is 3. The Bertz CT molecular complexity index is 475. The van der Waals surface area contributed by atoms with Crippen LogP contribution in [0.5, 0.6) is 5.75 Å². The lowest BCUT2D eigenvalue weighted by atomic mass is 9.97. The number of halogens is 1. The van der Waals surface area contributed by atoms with Crippen molar-refractivity contribution in [3.8, 4) is 5.75 Å². The van der Waals surface area contributed by atoms with E-state index in [1.807, 2.05) is 30.1 Å². The van der Waals surface area contributed by atoms with Gasteiger partial charge in [-0.15, -0.1) is 12.4 Å². The standard InChI is InChI=1S/C17H26N2O2.ClH/c1-13(11-14-7-4-5-9-16(14)21-3)19(2)17(20)15-8-6-10-18-12-15;/h4-5,7,9,13,15,18H,6,8,10-12H2,1-3H3;1H. The average molecular weight is 327 g/mol. The number of piperidine rings is 1. The molecule has 0 aromatic heterocycles. The van der Waals surface area contributed by atoms with E-state index < -0.39 is 0 Å². The summed E-state index contributed by atoms with van der Waals surface area (Å²) in [5.41, 5.74) is 1.15. The topological polar surface area (TPSA) is 41.6 Å². The molecule has 1 heterocycles. The molecule has 0 radical (unpaired) electrons. The first-order chi connectivity index (χ1) is 10.1. The van der Waals surface area contributed by atoms with Gasteiger partial charge in [-0.25, -0.2) is 0 Å². The zero-order valence-corrected chi connectivity index (χ0v) is 14.5. The van der Waals surface area contributed by atoms with E-state index in [0.29, 0.717) is 0 Å². The number of benzene rings is 1. The molecule has 1 aliphatic heterocycles. The van der Waals surface area contributed by atoms with Gasteiger partial charge in [-0.2, -0.15) is 0 Å². The van der Waals surface area contributed by atoms with Crippen LogP contribution in [0.4, 0.5) is 0 Å². The van der Waals surface area contributed by atoms with Gasteiger partial charge in [-0.3, -0.25) is 4.79 Å². The van der Waals surface area contributed by atoms with Gasteiger partial charge in [0, 0.05) is 19.6 Å². The molecule has 0 saturated carbocycles. The Morgan fingerprint density at radius 3 is 2.82 bits per heavy atom. The van der Waals surface area contributed by atoms with E-state index in [2.05, 4.69) is 18.3 Å². The number of likely N-dealkylation sites (N-methyl/N-ethyl adjacent to an activating group) is 1. The lowest BCUT2D eigenvalue weighted by molar-refractivity contribution is -0.136. The molecule has 2 atom stereocenters. The van der Waals surface area contributed by atoms with E-state index in [-0.39, 0.29) is 30.3 Å². The minimum Gasteiger partial charge on any atom is -0.496 e. The van der Waals surface area contributed by atoms with Crippen molar-refractivity contribution in [2.45, 2.75) is 32.2 Å². The maximum atomic E-state index is 12.5. The summed E-state index contributed by atoms with van der Waals surface area (Å²) in [5.74, 6) is 1.28. The number of para-hydroxylation sites is 1. The minimum atomic E-state index is 0. The van der Waals surface area contributed by atoms with Crippen LogP contribution in [0.3, 0.4) is 0 Å². The second kappa shape index (κ2) is 9.01. The lowest BCUT2D eigenvalue weighted by Gasteiger charge is -2.31. The highest BCUT2D eigenvalue weighted by atomic mass is 35.5. The molecular weight excluding hydrogens is 300 g/mol. The quantitative estimate of drug-likeness (QED) is 0.904. The fourth-order valence-electron chi connectivity index (χ4n) is 2.89. The molecule has 1 aromatic carbocycles. The van der Waals surface area contributed by atoms with Gasteiger partial charge in [0.15, 0.2) is 0 Å². The molecule has 1 amide bonds. The van der Waals surface area contributed by atoms with Crippen LogP contribution in [-0.2, 0) is 11.2 Å². The van der Waals surface area contributed by atoms with Gasteiger partial charge < -0.3 is 15.0 Å². The molecule has 4 nitrogen and oxygen atoms in total. The first-order valence-electron chi connectivity index (χ1n) is 7.72. The number of carbonyl (C=O) groups is 1. The highest BCUT2D eigenvalue weighted by Crippen LogP contribution is 2.21. The number of nitrogens with one attached hydrogen (secondary N) is 1. The molecule has 2 rings (SSSR count). The van der Waals surface area contributed by atoms with Crippen LogP contribution >= 0.6 is 12.4 Å². The maximum Gasteiger partial charge on any atom is 0.226 e. The van der Waals surface area contributed by atoms with Crippen molar-refractivity contribution in [2.24, 2.45) is 5.92 Å². The first-order valence-corrected chi connectivity index (χ1v) is 7.72. The Morgan fingerprint density at radius 2 is 2.18 bits per heavy atom. The molecule has 1 N–H and O–H groups in total. The van der Waals surface area contributed by atoms with Gasteiger partial charge in [-0.05, 0) is 44.4 Å². The smallest absolute Gasteiger partial charge is 0.226 e. The van der Waals surface area contributed by atoms with Gasteiger partial charge >= 0.3 is 0 Å². The number of rotatable bonds is 5. The Morgan fingerprint density at radius 1 is 1.45 bits per heavy atom. The van der Waals surface area contributed by atoms with Gasteiger partial charge in [0.25, 0.3) is 0 Å². The van der Waals surface area contributed by atoms with Crippen LogP contribution < -0.4 is 10.1 Å². The largest absolute Gasteiger partial charge is 0.496 e. The fourth-order valence-corrected chi connectivity index (χ4v) is 2.89. The van der Waals surface area contributed by atoms with Crippen LogP contribution in [0, 0.1) is 5.92 Å². The third-order valence-corrected chi connectivity index (χ3v) is 4.36. The van der Waals surface area contributed by atoms with E-state index >= 15 is 0 Å². The van der Waals surface area contributed by atoms with Crippen LogP contribution in [0.25, 0.3) is 0 Å². The highest BCUT2D eigenvalue weighted by molar-refractivity contribution is 5.85. The monoisotopic (exact) mass is 326 g/mol. The Hall–Kier alpha value is -1.26. The SMILES string of the molecule is COc1ccccc1CC(C)N(C)C(=O)C1CCCNC1.Cl. The molecule has 0 spiro atoms. The van der Waals surface area contributed by atoms with Crippen LogP contribution in [-0.4, -0.2) is 44.1 Å². The molecule has 124 valence electrons. The number of methoxy groups -OCH3 is 1. The second-order valence-electron chi connectivity index (χ2n) is 5.86. The average Bonchev–Trinajstić information content (AvgIpc) is 2.54. The zero-order valence-electron chi connectivity index (χ0n) is 13.7. The third kappa shape index (κ3) is 4.62. The molecule has 5 heteroatoms. The summed E-state index contributed by atoms with van der Waals surface area (Å²) >= 11 is 0. The van der Waals surface area contributed by atoms with Crippen molar-refractivity contribution in [2.75, 3.05) is 27.2 Å². The molecule has 1 aromatic rings. The minimum absolute atomic E-state index is 0. The molecular formula is C17H27ClN2O2. The number of hydrogen-bond donors (Lipinski definition) is 1. The number of carbonyl (C=O) groups excluding carboxylic acids is 1. The van der Waals surface area contributed by atoms with Crippen molar-refractivity contribution in [3.63, 3.8) is 0 Å². The Balaban J connectivity index is 0.00000242. The van der Waals surface area contributed by atoms with Gasteiger partial charge in [-0.1, -0.05) is 18.2 Å². The third-order valence-electron chi connectivity index (χ3n) is 4.36. The summed E-state index contributed by atoms with van der Waals surface area (Å²) in [6, 6.07) is 8.17. The molecule has 1 saturated heterocycles. The van der Waals surface area contributed by atoms with Crippen molar-refractivity contribution < 1.29 is 9.53 Å². The van der Waals surface area contributed by atoms with Crippen molar-refractivity contribution >= 4 is 18.3 Å². The fraction of sp³-hybridized carbons (Fsp3) is 0.588. The molecule has 0 bridgehead atoms. The summed E-state index contributed by atoms with van der Waals surface area (Å²) in [4.78, 5) is 14.4. The van der Waals surface area contributed by atoms with Gasteiger partial charge in [0.1, 0.15) is 5.75 Å². The molecule has 0 aliphatic carbocycles. The summed E-state index contributed by atoms with van der Waals surface area (Å²) in [7, 11) is 3.60. The Kier molecular flexibility index (Phi) is 7.69. The number of amides is 1. The second-order valence-corrected chi connectivity index (χ2v) is 5.86. The van der Waals surface area contributed by atoms with Crippen LogP contribution in [0.1, 0.15) is 25.3 Å². The molecule has 1 aliphatic rings. The molecule has 22 heavy (non-hydrogen) atoms. The summed E-state index contributed by atoms with van der Waals surface area (Å²) < 4.78 is 5.39. The van der Waals surface area contributed by atoms with Crippen LogP contribution in [0.2, 0.25) is 0 Å². The van der Waals surface area contributed by atoms with Gasteiger partial charge in [0.2, 0.25) is 5.91 Å². The normalized spacial score (nSPS) is 19.0. The van der Waals surface area contributed by atoms with E-state index in [1.165, 1.54) is 0 Å². The van der Waals surface area contributed by atoms with E-state index in [0.717, 1.165) is 43.7 Å².